The monoisotopic (exact) mass is 331 g/mol. The first-order valence-corrected chi connectivity index (χ1v) is 6.80. The van der Waals surface area contributed by atoms with Crippen molar-refractivity contribution in [2.24, 2.45) is 0 Å². The van der Waals surface area contributed by atoms with Gasteiger partial charge in [0.05, 0.1) is 37.1 Å². The Hall–Kier alpha value is -3.43. The molecule has 0 saturated heterocycles. The summed E-state index contributed by atoms with van der Waals surface area (Å²) in [6.07, 6.45) is 2.77. The lowest BCUT2D eigenvalue weighted by Crippen LogP contribution is -2.04. The molecule has 0 aliphatic rings. The van der Waals surface area contributed by atoms with Crippen molar-refractivity contribution in [2.45, 2.75) is 6.61 Å². The number of imidazole rings is 1. The van der Waals surface area contributed by atoms with Gasteiger partial charge in [0.15, 0.2) is 17.1 Å². The molecule has 2 aromatic heterocycles. The molecule has 10 heteroatoms. The summed E-state index contributed by atoms with van der Waals surface area (Å²) in [7, 11) is 2.86. The van der Waals surface area contributed by atoms with Crippen LogP contribution in [0.2, 0.25) is 0 Å². The third kappa shape index (κ3) is 2.76. The average molecular weight is 331 g/mol. The summed E-state index contributed by atoms with van der Waals surface area (Å²) in [6, 6.07) is 2.80. The molecule has 124 valence electrons. The number of aromatic nitrogens is 4. The third-order valence-electron chi connectivity index (χ3n) is 3.33. The first-order valence-electron chi connectivity index (χ1n) is 6.80. The quantitative estimate of drug-likeness (QED) is 0.536. The van der Waals surface area contributed by atoms with Gasteiger partial charge in [0.1, 0.15) is 18.5 Å². The SMILES string of the molecule is COc1cc(COc2ncnc3nc[nH]c23)c([N+](=O)[O-])cc1OC. The van der Waals surface area contributed by atoms with E-state index < -0.39 is 4.92 Å². The van der Waals surface area contributed by atoms with Gasteiger partial charge in [-0.2, -0.15) is 4.98 Å². The van der Waals surface area contributed by atoms with E-state index in [4.69, 9.17) is 14.2 Å². The minimum Gasteiger partial charge on any atom is -0.493 e. The summed E-state index contributed by atoms with van der Waals surface area (Å²) >= 11 is 0. The van der Waals surface area contributed by atoms with Crippen LogP contribution in [-0.2, 0) is 6.61 Å². The second-order valence-electron chi connectivity index (χ2n) is 4.66. The number of nitro benzene ring substituents is 1. The van der Waals surface area contributed by atoms with E-state index in [-0.39, 0.29) is 23.9 Å². The Balaban J connectivity index is 1.94. The maximum atomic E-state index is 11.3. The number of nitro groups is 1. The summed E-state index contributed by atoms with van der Waals surface area (Å²) in [5, 5.41) is 11.3. The van der Waals surface area contributed by atoms with Gasteiger partial charge in [-0.05, 0) is 6.07 Å². The van der Waals surface area contributed by atoms with Gasteiger partial charge in [-0.1, -0.05) is 0 Å². The van der Waals surface area contributed by atoms with E-state index in [0.29, 0.717) is 22.5 Å². The largest absolute Gasteiger partial charge is 0.493 e. The molecule has 0 aliphatic heterocycles. The molecular formula is C14H13N5O5. The second-order valence-corrected chi connectivity index (χ2v) is 4.66. The topological polar surface area (TPSA) is 125 Å². The Morgan fingerprint density at radius 1 is 1.17 bits per heavy atom. The molecule has 3 aromatic rings. The molecule has 0 amide bonds. The minimum absolute atomic E-state index is 0.0815. The number of hydrogen-bond donors (Lipinski definition) is 1. The zero-order valence-corrected chi connectivity index (χ0v) is 12.8. The fraction of sp³-hybridized carbons (Fsp3) is 0.214. The van der Waals surface area contributed by atoms with Crippen LogP contribution in [-0.4, -0.2) is 39.1 Å². The molecule has 0 atom stereocenters. The van der Waals surface area contributed by atoms with Gasteiger partial charge in [-0.3, -0.25) is 10.1 Å². The van der Waals surface area contributed by atoms with E-state index in [9.17, 15) is 10.1 Å². The fourth-order valence-corrected chi connectivity index (χ4v) is 2.19. The number of fused-ring (bicyclic) bond motifs is 1. The van der Waals surface area contributed by atoms with Gasteiger partial charge in [-0.25, -0.2) is 9.97 Å². The molecule has 0 fully saturated rings. The van der Waals surface area contributed by atoms with Crippen molar-refractivity contribution in [1.29, 1.82) is 0 Å². The van der Waals surface area contributed by atoms with Gasteiger partial charge in [0, 0.05) is 0 Å². The number of nitrogens with one attached hydrogen (secondary N) is 1. The summed E-state index contributed by atoms with van der Waals surface area (Å²) in [6.45, 7) is -0.0815. The molecule has 24 heavy (non-hydrogen) atoms. The van der Waals surface area contributed by atoms with Crippen molar-refractivity contribution in [2.75, 3.05) is 14.2 Å². The summed E-state index contributed by atoms with van der Waals surface area (Å²) < 4.78 is 15.9. The van der Waals surface area contributed by atoms with Crippen LogP contribution >= 0.6 is 0 Å². The van der Waals surface area contributed by atoms with Crippen LogP contribution in [0.5, 0.6) is 17.4 Å². The molecule has 2 heterocycles. The molecule has 0 unspecified atom stereocenters. The van der Waals surface area contributed by atoms with Crippen molar-refractivity contribution < 1.29 is 19.1 Å². The van der Waals surface area contributed by atoms with Gasteiger partial charge >= 0.3 is 0 Å². The molecule has 0 bridgehead atoms. The zero-order valence-electron chi connectivity index (χ0n) is 12.8. The maximum absolute atomic E-state index is 11.3. The number of H-pyrrole nitrogens is 1. The van der Waals surface area contributed by atoms with Gasteiger partial charge in [-0.15, -0.1) is 0 Å². The molecule has 3 rings (SSSR count). The minimum atomic E-state index is -0.508. The zero-order chi connectivity index (χ0) is 17.1. The molecule has 0 saturated carbocycles. The van der Waals surface area contributed by atoms with Crippen LogP contribution in [0.25, 0.3) is 11.2 Å². The molecular weight excluding hydrogens is 318 g/mol. The lowest BCUT2D eigenvalue weighted by Gasteiger charge is -2.11. The standard InChI is InChI=1S/C14H13N5O5/c1-22-10-3-8(9(19(20)21)4-11(10)23-2)5-24-14-12-13(16-6-15-12)17-7-18-14/h3-4,6-7H,5H2,1-2H3,(H,15,16,17,18). The number of rotatable bonds is 6. The van der Waals surface area contributed by atoms with Crippen molar-refractivity contribution in [3.8, 4) is 17.4 Å². The number of ether oxygens (including phenoxy) is 3. The van der Waals surface area contributed by atoms with E-state index in [1.165, 1.54) is 39.0 Å². The van der Waals surface area contributed by atoms with Crippen LogP contribution in [0.15, 0.2) is 24.8 Å². The van der Waals surface area contributed by atoms with E-state index in [1.54, 1.807) is 0 Å². The Morgan fingerprint density at radius 3 is 2.62 bits per heavy atom. The summed E-state index contributed by atoms with van der Waals surface area (Å²) in [5.41, 5.74) is 1.15. The molecule has 0 spiro atoms. The van der Waals surface area contributed by atoms with Crippen molar-refractivity contribution in [3.63, 3.8) is 0 Å². The van der Waals surface area contributed by atoms with Crippen LogP contribution < -0.4 is 14.2 Å². The van der Waals surface area contributed by atoms with Crippen molar-refractivity contribution in [1.82, 2.24) is 19.9 Å². The first-order chi connectivity index (χ1) is 11.6. The number of hydrogen-bond acceptors (Lipinski definition) is 8. The van der Waals surface area contributed by atoms with Crippen molar-refractivity contribution in [3.05, 3.63) is 40.5 Å². The highest BCUT2D eigenvalue weighted by atomic mass is 16.6. The van der Waals surface area contributed by atoms with E-state index in [0.717, 1.165) is 0 Å². The van der Waals surface area contributed by atoms with Crippen LogP contribution in [0.3, 0.4) is 0 Å². The highest BCUT2D eigenvalue weighted by molar-refractivity contribution is 5.74. The number of methoxy groups -OCH3 is 2. The predicted octanol–water partition coefficient (Wildman–Crippen LogP) is 1.86. The average Bonchev–Trinajstić information content (AvgIpc) is 3.08. The van der Waals surface area contributed by atoms with Crippen molar-refractivity contribution >= 4 is 16.9 Å². The molecule has 0 aliphatic carbocycles. The maximum Gasteiger partial charge on any atom is 0.280 e. The van der Waals surface area contributed by atoms with Gasteiger partial charge in [0.2, 0.25) is 5.88 Å². The van der Waals surface area contributed by atoms with E-state index in [1.807, 2.05) is 0 Å². The van der Waals surface area contributed by atoms with Crippen LogP contribution in [0.4, 0.5) is 5.69 Å². The lowest BCUT2D eigenvalue weighted by atomic mass is 10.1. The molecule has 10 nitrogen and oxygen atoms in total. The second kappa shape index (κ2) is 6.36. The smallest absolute Gasteiger partial charge is 0.280 e. The van der Waals surface area contributed by atoms with E-state index in [2.05, 4.69) is 19.9 Å². The Labute approximate surface area is 135 Å². The van der Waals surface area contributed by atoms with Gasteiger partial charge < -0.3 is 19.2 Å². The number of nitrogens with zero attached hydrogens (tertiary/aromatic N) is 4. The van der Waals surface area contributed by atoms with Crippen LogP contribution in [0, 0.1) is 10.1 Å². The number of aromatic amines is 1. The summed E-state index contributed by atoms with van der Waals surface area (Å²) in [4.78, 5) is 25.6. The molecule has 0 radical (unpaired) electrons. The highest BCUT2D eigenvalue weighted by Gasteiger charge is 2.20. The number of benzene rings is 1. The third-order valence-corrected chi connectivity index (χ3v) is 3.33. The lowest BCUT2D eigenvalue weighted by molar-refractivity contribution is -0.385. The van der Waals surface area contributed by atoms with E-state index >= 15 is 0 Å². The van der Waals surface area contributed by atoms with Gasteiger partial charge in [0.25, 0.3) is 5.69 Å². The Morgan fingerprint density at radius 2 is 1.92 bits per heavy atom. The summed E-state index contributed by atoms with van der Waals surface area (Å²) in [5.74, 6) is 0.892. The molecule has 1 aromatic carbocycles. The van der Waals surface area contributed by atoms with Crippen LogP contribution in [0.1, 0.15) is 5.56 Å². The predicted molar refractivity (Wildman–Crippen MR) is 82.2 cm³/mol. The highest BCUT2D eigenvalue weighted by Crippen LogP contribution is 2.35. The Kier molecular flexibility index (Phi) is 4.10. The normalized spacial score (nSPS) is 10.6. The Bertz CT molecular complexity index is 894. The fourth-order valence-electron chi connectivity index (χ4n) is 2.19. The first kappa shape index (κ1) is 15.5. The molecule has 1 N–H and O–H groups in total.